The molecule has 1 rings (SSSR count). The molecule has 0 aromatic carbocycles. The van der Waals surface area contributed by atoms with Crippen LogP contribution in [0.5, 0.6) is 0 Å². The van der Waals surface area contributed by atoms with Gasteiger partial charge in [-0.3, -0.25) is 9.36 Å². The van der Waals surface area contributed by atoms with Crippen LogP contribution in [0.2, 0.25) is 0 Å². The van der Waals surface area contributed by atoms with Crippen LogP contribution >= 0.6 is 0 Å². The summed E-state index contributed by atoms with van der Waals surface area (Å²) in [4.78, 5) is 11.4. The monoisotopic (exact) mass is 167 g/mol. The standard InChI is InChI=1S/C9H13NO2/c1-5-6(2)8-9(11)10(4)7(3)12-8/h3,5H2,1-2,4H3. The molecule has 0 radical (unpaired) electrons. The molecule has 0 saturated carbocycles. The van der Waals surface area contributed by atoms with Crippen molar-refractivity contribution >= 4 is 12.2 Å². The molecule has 66 valence electrons. The Morgan fingerprint density at radius 2 is 2.25 bits per heavy atom. The fraction of sp³-hybridized carbons (Fsp3) is 0.444. The highest BCUT2D eigenvalue weighted by atomic mass is 16.4. The average Bonchev–Trinajstić information content (AvgIpc) is 2.32. The van der Waals surface area contributed by atoms with Gasteiger partial charge in [0.2, 0.25) is 0 Å². The van der Waals surface area contributed by atoms with E-state index in [1.807, 2.05) is 13.8 Å². The Morgan fingerprint density at radius 3 is 2.58 bits per heavy atom. The topological polar surface area (TPSA) is 35.1 Å². The zero-order chi connectivity index (χ0) is 9.30. The Kier molecular flexibility index (Phi) is 2.22. The quantitative estimate of drug-likeness (QED) is 0.588. The van der Waals surface area contributed by atoms with Gasteiger partial charge >= 0.3 is 0 Å². The van der Waals surface area contributed by atoms with Gasteiger partial charge in [0.25, 0.3) is 5.56 Å². The normalized spacial score (nSPS) is 13.2. The first-order chi connectivity index (χ1) is 5.57. The van der Waals surface area contributed by atoms with Gasteiger partial charge in [0, 0.05) is 7.05 Å². The smallest absolute Gasteiger partial charge is 0.296 e. The molecule has 1 heterocycles. The van der Waals surface area contributed by atoms with Gasteiger partial charge in [0.1, 0.15) is 0 Å². The van der Waals surface area contributed by atoms with Crippen molar-refractivity contribution in [3.63, 3.8) is 0 Å². The number of hydrogen-bond donors (Lipinski definition) is 0. The van der Waals surface area contributed by atoms with Gasteiger partial charge < -0.3 is 4.42 Å². The highest BCUT2D eigenvalue weighted by Gasteiger charge is 2.01. The van der Waals surface area contributed by atoms with Gasteiger partial charge in [-0.1, -0.05) is 6.92 Å². The van der Waals surface area contributed by atoms with Crippen LogP contribution < -0.4 is 16.5 Å². The molecule has 1 aromatic rings. The third kappa shape index (κ3) is 1.22. The lowest BCUT2D eigenvalue weighted by Gasteiger charge is -1.85. The van der Waals surface area contributed by atoms with Gasteiger partial charge in [-0.2, -0.15) is 0 Å². The van der Waals surface area contributed by atoms with E-state index in [0.717, 1.165) is 12.0 Å². The zero-order valence-electron chi connectivity index (χ0n) is 7.68. The second-order valence-electron chi connectivity index (χ2n) is 2.82. The van der Waals surface area contributed by atoms with E-state index >= 15 is 0 Å². The lowest BCUT2D eigenvalue weighted by Crippen LogP contribution is -2.29. The van der Waals surface area contributed by atoms with Gasteiger partial charge in [0.05, 0.1) is 0 Å². The van der Waals surface area contributed by atoms with E-state index in [2.05, 4.69) is 6.58 Å². The Balaban J connectivity index is 3.70. The molecule has 3 heteroatoms. The maximum absolute atomic E-state index is 11.4. The molecule has 0 atom stereocenters. The van der Waals surface area contributed by atoms with E-state index in [-0.39, 0.29) is 5.56 Å². The molecule has 0 aliphatic rings. The molecule has 0 N–H and O–H groups in total. The number of hydrogen-bond acceptors (Lipinski definition) is 2. The molecule has 0 fully saturated rings. The molecule has 0 saturated heterocycles. The van der Waals surface area contributed by atoms with Crippen molar-refractivity contribution in [1.82, 2.24) is 4.57 Å². The maximum Gasteiger partial charge on any atom is 0.296 e. The molecule has 0 unspecified atom stereocenters. The minimum absolute atomic E-state index is 0.0978. The molecule has 0 bridgehead atoms. The zero-order valence-corrected chi connectivity index (χ0v) is 7.68. The minimum atomic E-state index is -0.0978. The molecule has 0 aliphatic heterocycles. The lowest BCUT2D eigenvalue weighted by molar-refractivity contribution is 0.474. The summed E-state index contributed by atoms with van der Waals surface area (Å²) in [5.74, 6) is 0. The molecule has 0 amide bonds. The molecule has 1 aromatic heterocycles. The van der Waals surface area contributed by atoms with Crippen LogP contribution in [-0.4, -0.2) is 4.57 Å². The fourth-order valence-corrected chi connectivity index (χ4v) is 0.926. The number of rotatable bonds is 1. The molecular formula is C9H13NO2. The van der Waals surface area contributed by atoms with Crippen molar-refractivity contribution in [2.75, 3.05) is 0 Å². The third-order valence-electron chi connectivity index (χ3n) is 2.01. The highest BCUT2D eigenvalue weighted by Crippen LogP contribution is 1.92. The number of nitrogens with zero attached hydrogens (tertiary/aromatic N) is 1. The Labute approximate surface area is 70.6 Å². The highest BCUT2D eigenvalue weighted by molar-refractivity contribution is 5.36. The fourth-order valence-electron chi connectivity index (χ4n) is 0.926. The van der Waals surface area contributed by atoms with Crippen LogP contribution in [0.3, 0.4) is 0 Å². The van der Waals surface area contributed by atoms with E-state index in [0.29, 0.717) is 11.0 Å². The summed E-state index contributed by atoms with van der Waals surface area (Å²) in [5.41, 5.74) is 1.71. The van der Waals surface area contributed by atoms with Crippen LogP contribution in [0.1, 0.15) is 20.3 Å². The summed E-state index contributed by atoms with van der Waals surface area (Å²) in [6, 6.07) is 0. The molecular weight excluding hydrogens is 154 g/mol. The van der Waals surface area contributed by atoms with Crippen molar-refractivity contribution in [2.24, 2.45) is 7.05 Å². The molecule has 3 nitrogen and oxygen atoms in total. The van der Waals surface area contributed by atoms with E-state index < -0.39 is 0 Å². The first-order valence-electron chi connectivity index (χ1n) is 3.92. The molecule has 0 aliphatic carbocycles. The van der Waals surface area contributed by atoms with E-state index in [1.54, 1.807) is 7.05 Å². The van der Waals surface area contributed by atoms with E-state index in [1.165, 1.54) is 4.57 Å². The Morgan fingerprint density at radius 1 is 1.67 bits per heavy atom. The van der Waals surface area contributed by atoms with Gasteiger partial charge in [0.15, 0.2) is 11.0 Å². The summed E-state index contributed by atoms with van der Waals surface area (Å²) in [6.45, 7) is 7.48. The maximum atomic E-state index is 11.4. The number of aromatic nitrogens is 1. The van der Waals surface area contributed by atoms with Crippen LogP contribution in [0, 0.1) is 0 Å². The van der Waals surface area contributed by atoms with Gasteiger partial charge in [-0.05, 0) is 25.5 Å². The van der Waals surface area contributed by atoms with Crippen LogP contribution in [0.4, 0.5) is 0 Å². The number of oxazole rings is 1. The Bertz CT molecular complexity index is 436. The van der Waals surface area contributed by atoms with Crippen molar-refractivity contribution in [2.45, 2.75) is 20.3 Å². The van der Waals surface area contributed by atoms with Gasteiger partial charge in [-0.25, -0.2) is 0 Å². The SMILES string of the molecule is C=c1oc(=C(C)CC)c(=O)n1C. The van der Waals surface area contributed by atoms with Crippen LogP contribution in [-0.2, 0) is 7.05 Å². The summed E-state index contributed by atoms with van der Waals surface area (Å²) in [7, 11) is 1.65. The van der Waals surface area contributed by atoms with E-state index in [4.69, 9.17) is 4.42 Å². The third-order valence-corrected chi connectivity index (χ3v) is 2.01. The Hall–Kier alpha value is -1.25. The van der Waals surface area contributed by atoms with Crippen molar-refractivity contribution in [3.05, 3.63) is 21.3 Å². The van der Waals surface area contributed by atoms with Crippen LogP contribution in [0.15, 0.2) is 9.21 Å². The van der Waals surface area contributed by atoms with Crippen molar-refractivity contribution in [3.8, 4) is 0 Å². The predicted octanol–water partition coefficient (Wildman–Crippen LogP) is -0.0308. The first kappa shape index (κ1) is 8.84. The summed E-state index contributed by atoms with van der Waals surface area (Å²) in [6.07, 6.45) is 0.822. The van der Waals surface area contributed by atoms with Crippen molar-refractivity contribution in [1.29, 1.82) is 0 Å². The minimum Gasteiger partial charge on any atom is -0.436 e. The summed E-state index contributed by atoms with van der Waals surface area (Å²) < 4.78 is 6.61. The molecule has 12 heavy (non-hydrogen) atoms. The van der Waals surface area contributed by atoms with Gasteiger partial charge in [-0.15, -0.1) is 0 Å². The van der Waals surface area contributed by atoms with Crippen molar-refractivity contribution < 1.29 is 4.42 Å². The molecule has 0 spiro atoms. The predicted molar refractivity (Wildman–Crippen MR) is 48.1 cm³/mol. The first-order valence-corrected chi connectivity index (χ1v) is 3.92. The second-order valence-corrected chi connectivity index (χ2v) is 2.82. The van der Waals surface area contributed by atoms with E-state index in [9.17, 15) is 4.79 Å². The summed E-state index contributed by atoms with van der Waals surface area (Å²) >= 11 is 0. The summed E-state index contributed by atoms with van der Waals surface area (Å²) in [5, 5.41) is 0. The second kappa shape index (κ2) is 3.01. The van der Waals surface area contributed by atoms with Crippen LogP contribution in [0.25, 0.3) is 12.2 Å². The lowest BCUT2D eigenvalue weighted by atomic mass is 10.2. The largest absolute Gasteiger partial charge is 0.436 e. The average molecular weight is 167 g/mol.